The number of nitrogens with zero attached hydrogens (tertiary/aromatic N) is 3. The summed E-state index contributed by atoms with van der Waals surface area (Å²) in [5, 5.41) is 13.4. The van der Waals surface area contributed by atoms with E-state index in [1.807, 2.05) is 0 Å². The molecule has 0 bridgehead atoms. The quantitative estimate of drug-likeness (QED) is 0.375. The lowest BCUT2D eigenvalue weighted by Crippen LogP contribution is -2.37. The highest BCUT2D eigenvalue weighted by molar-refractivity contribution is 7.53. The van der Waals surface area contributed by atoms with Gasteiger partial charge in [0, 0.05) is 26.8 Å². The Labute approximate surface area is 225 Å². The zero-order valence-electron chi connectivity index (χ0n) is 22.5. The van der Waals surface area contributed by atoms with Gasteiger partial charge in [-0.15, -0.1) is 0 Å². The second-order valence-corrected chi connectivity index (χ2v) is 11.4. The SMILES string of the molecule is CCOP(=O)(CCNC(=O)c1c(O)c2ncc(CC3C=CC(F)=CC3)cc2n(CC(=O)N(C)C)c1=O)OCC. The molecule has 0 saturated carbocycles. The summed E-state index contributed by atoms with van der Waals surface area (Å²) >= 11 is 0. The molecule has 39 heavy (non-hydrogen) atoms. The summed E-state index contributed by atoms with van der Waals surface area (Å²) in [6.07, 6.45) is 6.99. The van der Waals surface area contributed by atoms with Crippen LogP contribution in [0, 0.1) is 5.92 Å². The fraction of sp³-hybridized carbons (Fsp3) is 0.462. The molecule has 1 aliphatic carbocycles. The summed E-state index contributed by atoms with van der Waals surface area (Å²) in [6.45, 7) is 3.08. The molecular weight excluding hydrogens is 530 g/mol. The Morgan fingerprint density at radius 3 is 2.56 bits per heavy atom. The normalized spacial score (nSPS) is 15.3. The molecular formula is C26H34FN4O7P. The largest absolute Gasteiger partial charge is 0.505 e. The summed E-state index contributed by atoms with van der Waals surface area (Å²) in [5.74, 6) is -2.25. The third-order valence-electron chi connectivity index (χ3n) is 6.12. The Bertz CT molecular complexity index is 1390. The van der Waals surface area contributed by atoms with Gasteiger partial charge in [0.2, 0.25) is 5.91 Å². The molecule has 1 unspecified atom stereocenters. The van der Waals surface area contributed by atoms with Gasteiger partial charge in [-0.2, -0.15) is 0 Å². The first-order chi connectivity index (χ1) is 18.5. The lowest BCUT2D eigenvalue weighted by Gasteiger charge is -2.19. The van der Waals surface area contributed by atoms with Crippen molar-refractivity contribution < 1.29 is 32.7 Å². The number of hydrogen-bond acceptors (Lipinski definition) is 8. The predicted molar refractivity (Wildman–Crippen MR) is 145 cm³/mol. The van der Waals surface area contributed by atoms with Gasteiger partial charge in [-0.3, -0.25) is 28.5 Å². The van der Waals surface area contributed by atoms with Gasteiger partial charge >= 0.3 is 7.60 Å². The molecule has 0 spiro atoms. The third kappa shape index (κ3) is 7.40. The highest BCUT2D eigenvalue weighted by Gasteiger charge is 2.27. The highest BCUT2D eigenvalue weighted by atomic mass is 31.2. The maximum Gasteiger partial charge on any atom is 0.332 e. The molecule has 0 aromatic carbocycles. The number of aromatic nitrogens is 2. The number of hydrogen-bond donors (Lipinski definition) is 2. The van der Waals surface area contributed by atoms with E-state index < -0.39 is 42.8 Å². The van der Waals surface area contributed by atoms with Crippen LogP contribution in [0.4, 0.5) is 4.39 Å². The zero-order chi connectivity index (χ0) is 28.7. The Kier molecular flexibility index (Phi) is 10.2. The molecule has 2 aromatic heterocycles. The van der Waals surface area contributed by atoms with Crippen LogP contribution in [-0.4, -0.2) is 71.4 Å². The number of likely N-dealkylation sites (N-methyl/N-ethyl adjacent to an activating group) is 1. The van der Waals surface area contributed by atoms with E-state index in [0.29, 0.717) is 18.4 Å². The van der Waals surface area contributed by atoms with E-state index in [1.54, 1.807) is 26.0 Å². The average molecular weight is 565 g/mol. The molecule has 1 aliphatic rings. The van der Waals surface area contributed by atoms with E-state index in [9.17, 15) is 28.4 Å². The highest BCUT2D eigenvalue weighted by Crippen LogP contribution is 2.47. The summed E-state index contributed by atoms with van der Waals surface area (Å²) in [7, 11) is -0.382. The van der Waals surface area contributed by atoms with Gasteiger partial charge in [-0.1, -0.05) is 6.08 Å². The van der Waals surface area contributed by atoms with E-state index >= 15 is 0 Å². The summed E-state index contributed by atoms with van der Waals surface area (Å²) in [4.78, 5) is 44.7. The first-order valence-electron chi connectivity index (χ1n) is 12.6. The average Bonchev–Trinajstić information content (AvgIpc) is 2.88. The molecule has 2 aromatic rings. The van der Waals surface area contributed by atoms with E-state index in [4.69, 9.17) is 9.05 Å². The minimum Gasteiger partial charge on any atom is -0.505 e. The minimum atomic E-state index is -3.45. The van der Waals surface area contributed by atoms with Gasteiger partial charge in [0.05, 0.1) is 24.9 Å². The predicted octanol–water partition coefficient (Wildman–Crippen LogP) is 3.16. The lowest BCUT2D eigenvalue weighted by atomic mass is 9.93. The van der Waals surface area contributed by atoms with Gasteiger partial charge in [0.25, 0.3) is 11.5 Å². The Balaban J connectivity index is 1.98. The maximum atomic E-state index is 13.5. The molecule has 0 saturated heterocycles. The molecule has 3 rings (SSSR count). The van der Waals surface area contributed by atoms with Crippen molar-refractivity contribution in [3.8, 4) is 5.75 Å². The van der Waals surface area contributed by atoms with Gasteiger partial charge in [0.15, 0.2) is 5.75 Å². The van der Waals surface area contributed by atoms with Crippen LogP contribution in [0.25, 0.3) is 11.0 Å². The first-order valence-corrected chi connectivity index (χ1v) is 14.4. The smallest absolute Gasteiger partial charge is 0.332 e. The fourth-order valence-electron chi connectivity index (χ4n) is 4.14. The molecule has 0 aliphatic heterocycles. The van der Waals surface area contributed by atoms with Crippen molar-refractivity contribution in [3.63, 3.8) is 0 Å². The number of fused-ring (bicyclic) bond motifs is 1. The molecule has 212 valence electrons. The van der Waals surface area contributed by atoms with Crippen molar-refractivity contribution in [1.29, 1.82) is 0 Å². The molecule has 11 nitrogen and oxygen atoms in total. The number of carbonyl (C=O) groups is 2. The van der Waals surface area contributed by atoms with Crippen molar-refractivity contribution in [2.75, 3.05) is 40.0 Å². The third-order valence-corrected chi connectivity index (χ3v) is 8.19. The number of halogens is 1. The molecule has 2 N–H and O–H groups in total. The van der Waals surface area contributed by atoms with Crippen LogP contribution in [0.3, 0.4) is 0 Å². The van der Waals surface area contributed by atoms with Crippen molar-refractivity contribution in [2.45, 2.75) is 33.2 Å². The molecule has 2 heterocycles. The van der Waals surface area contributed by atoms with E-state index in [2.05, 4.69) is 10.3 Å². The van der Waals surface area contributed by atoms with Crippen LogP contribution in [-0.2, 0) is 31.4 Å². The Morgan fingerprint density at radius 2 is 1.97 bits per heavy atom. The Morgan fingerprint density at radius 1 is 1.28 bits per heavy atom. The fourth-order valence-corrected chi connectivity index (χ4v) is 5.65. The molecule has 2 amide bonds. The van der Waals surface area contributed by atoms with E-state index in [0.717, 1.165) is 4.57 Å². The van der Waals surface area contributed by atoms with Crippen LogP contribution < -0.4 is 10.9 Å². The number of allylic oxidation sites excluding steroid dienone is 4. The van der Waals surface area contributed by atoms with Gasteiger partial charge in [-0.05, 0) is 56.4 Å². The number of nitrogens with one attached hydrogen (secondary N) is 1. The van der Waals surface area contributed by atoms with Crippen LogP contribution in [0.2, 0.25) is 0 Å². The zero-order valence-corrected chi connectivity index (χ0v) is 23.4. The van der Waals surface area contributed by atoms with Crippen LogP contribution in [0.15, 0.2) is 41.1 Å². The number of aromatic hydroxyl groups is 1. The second-order valence-electron chi connectivity index (χ2n) is 9.19. The van der Waals surface area contributed by atoms with Gasteiger partial charge < -0.3 is 24.4 Å². The molecule has 0 radical (unpaired) electrons. The monoisotopic (exact) mass is 564 g/mol. The van der Waals surface area contributed by atoms with Crippen molar-refractivity contribution in [1.82, 2.24) is 19.8 Å². The maximum absolute atomic E-state index is 13.5. The first kappa shape index (κ1) is 30.2. The van der Waals surface area contributed by atoms with Crippen LogP contribution >= 0.6 is 7.60 Å². The topological polar surface area (TPSA) is 140 Å². The Hall–Kier alpha value is -3.34. The van der Waals surface area contributed by atoms with Crippen LogP contribution in [0.5, 0.6) is 5.75 Å². The van der Waals surface area contributed by atoms with Gasteiger partial charge in [0.1, 0.15) is 23.5 Å². The number of amides is 2. The summed E-state index contributed by atoms with van der Waals surface area (Å²) in [6, 6.07) is 1.64. The van der Waals surface area contributed by atoms with Crippen molar-refractivity contribution in [2.24, 2.45) is 5.92 Å². The minimum absolute atomic E-state index is 0.00956. The number of carbonyl (C=O) groups excluding carboxylic acids is 2. The molecule has 1 atom stereocenters. The molecule has 0 fully saturated rings. The van der Waals surface area contributed by atoms with E-state index in [-0.39, 0.29) is 48.7 Å². The van der Waals surface area contributed by atoms with Crippen molar-refractivity contribution >= 4 is 30.4 Å². The van der Waals surface area contributed by atoms with Gasteiger partial charge in [-0.25, -0.2) is 4.39 Å². The summed E-state index contributed by atoms with van der Waals surface area (Å²) in [5.41, 5.74) is -0.618. The van der Waals surface area contributed by atoms with E-state index in [1.165, 1.54) is 37.3 Å². The number of rotatable bonds is 12. The summed E-state index contributed by atoms with van der Waals surface area (Å²) < 4.78 is 37.5. The second kappa shape index (κ2) is 13.1. The molecule has 13 heteroatoms. The van der Waals surface area contributed by atoms with Crippen molar-refractivity contribution in [3.05, 3.63) is 57.8 Å². The standard InChI is InChI=1S/C26H34FN4O7P/c1-5-37-39(36,38-6-2)12-11-28-25(34)22-24(33)23-20(31(26(22)35)16-21(32)30(3)4)14-18(15-29-23)13-17-7-9-19(27)10-8-17/h7,9-10,14-15,17,33H,5-6,8,11-13,16H2,1-4H3,(H,28,34). The lowest BCUT2D eigenvalue weighted by molar-refractivity contribution is -0.129. The van der Waals surface area contributed by atoms with Crippen LogP contribution in [0.1, 0.15) is 36.2 Å². The number of pyridine rings is 2.